The van der Waals surface area contributed by atoms with Crippen molar-refractivity contribution in [3.05, 3.63) is 53.5 Å². The lowest BCUT2D eigenvalue weighted by Gasteiger charge is -2.24. The molecule has 0 aliphatic carbocycles. The molecule has 5 rings (SSSR count). The monoisotopic (exact) mass is 377 g/mol. The van der Waals surface area contributed by atoms with Crippen LogP contribution < -0.4 is 0 Å². The fourth-order valence-electron chi connectivity index (χ4n) is 5.04. The third-order valence-electron chi connectivity index (χ3n) is 6.30. The van der Waals surface area contributed by atoms with Crippen molar-refractivity contribution in [2.45, 2.75) is 57.0 Å². The second-order valence-electron chi connectivity index (χ2n) is 8.07. The van der Waals surface area contributed by atoms with Crippen molar-refractivity contribution in [2.75, 3.05) is 6.54 Å². The van der Waals surface area contributed by atoms with Crippen LogP contribution in [0.4, 0.5) is 0 Å². The normalized spacial score (nSPS) is 24.7. The third kappa shape index (κ3) is 2.96. The van der Waals surface area contributed by atoms with Crippen LogP contribution in [0.3, 0.4) is 0 Å². The molecule has 0 radical (unpaired) electrons. The van der Waals surface area contributed by atoms with Crippen LogP contribution in [0.15, 0.2) is 40.9 Å². The molecule has 2 fully saturated rings. The summed E-state index contributed by atoms with van der Waals surface area (Å²) in [4.78, 5) is 7.47. The zero-order valence-electron chi connectivity index (χ0n) is 16.6. The molecule has 1 aromatic carbocycles. The second-order valence-corrected chi connectivity index (χ2v) is 8.07. The Morgan fingerprint density at radius 1 is 1.21 bits per heavy atom. The number of hydrogen-bond donors (Lipinski definition) is 0. The smallest absolute Gasteiger partial charge is 0.276 e. The van der Waals surface area contributed by atoms with E-state index in [4.69, 9.17) is 9.51 Å². The van der Waals surface area contributed by atoms with Crippen molar-refractivity contribution < 1.29 is 4.52 Å². The Balaban J connectivity index is 1.43. The Morgan fingerprint density at radius 2 is 2.07 bits per heavy atom. The summed E-state index contributed by atoms with van der Waals surface area (Å²) in [5, 5.41) is 8.97. The maximum Gasteiger partial charge on any atom is 0.276 e. The van der Waals surface area contributed by atoms with Crippen LogP contribution in [0.5, 0.6) is 0 Å². The van der Waals surface area contributed by atoms with Gasteiger partial charge in [-0.3, -0.25) is 9.58 Å². The average Bonchev–Trinajstić information content (AvgIpc) is 3.46. The van der Waals surface area contributed by atoms with Crippen molar-refractivity contribution in [2.24, 2.45) is 7.05 Å². The number of rotatable bonds is 5. The van der Waals surface area contributed by atoms with Gasteiger partial charge in [-0.15, -0.1) is 0 Å². The van der Waals surface area contributed by atoms with Crippen LogP contribution in [0.25, 0.3) is 11.6 Å². The van der Waals surface area contributed by atoms with E-state index in [1.165, 1.54) is 18.4 Å². The molecule has 0 saturated carbocycles. The number of aromatic nitrogens is 4. The van der Waals surface area contributed by atoms with Gasteiger partial charge in [0.2, 0.25) is 0 Å². The lowest BCUT2D eigenvalue weighted by molar-refractivity contribution is 0.243. The van der Waals surface area contributed by atoms with Gasteiger partial charge in [-0.1, -0.05) is 48.8 Å². The number of fused-ring (bicyclic) bond motifs is 1. The predicted octanol–water partition coefficient (Wildman–Crippen LogP) is 4.12. The van der Waals surface area contributed by atoms with Gasteiger partial charge < -0.3 is 4.52 Å². The quantitative estimate of drug-likeness (QED) is 0.669. The van der Waals surface area contributed by atoms with E-state index in [1.54, 1.807) is 0 Å². The van der Waals surface area contributed by atoms with Gasteiger partial charge in [0, 0.05) is 25.0 Å². The molecule has 0 spiro atoms. The molecule has 2 aliphatic heterocycles. The zero-order chi connectivity index (χ0) is 19.1. The zero-order valence-corrected chi connectivity index (χ0v) is 16.6. The van der Waals surface area contributed by atoms with Crippen LogP contribution in [-0.2, 0) is 13.5 Å². The van der Waals surface area contributed by atoms with E-state index in [9.17, 15) is 0 Å². The summed E-state index contributed by atoms with van der Waals surface area (Å²) < 4.78 is 7.54. The highest BCUT2D eigenvalue weighted by molar-refractivity contribution is 5.48. The highest BCUT2D eigenvalue weighted by atomic mass is 16.5. The number of aryl methyl sites for hydroxylation is 2. The summed E-state index contributed by atoms with van der Waals surface area (Å²) in [6, 6.07) is 13.9. The van der Waals surface area contributed by atoms with Crippen LogP contribution >= 0.6 is 0 Å². The lowest BCUT2D eigenvalue weighted by Crippen LogP contribution is -2.27. The van der Waals surface area contributed by atoms with Crippen molar-refractivity contribution in [3.8, 4) is 11.6 Å². The largest absolute Gasteiger partial charge is 0.332 e. The Bertz CT molecular complexity index is 947. The van der Waals surface area contributed by atoms with Crippen molar-refractivity contribution >= 4 is 0 Å². The summed E-state index contributed by atoms with van der Waals surface area (Å²) in [7, 11) is 1.94. The van der Waals surface area contributed by atoms with Gasteiger partial charge in [0.05, 0.1) is 5.69 Å². The molecule has 2 aromatic heterocycles. The van der Waals surface area contributed by atoms with E-state index in [0.29, 0.717) is 23.9 Å². The Hall–Kier alpha value is -2.47. The molecular formula is C22H27N5O. The molecule has 6 nitrogen and oxygen atoms in total. The van der Waals surface area contributed by atoms with E-state index in [1.807, 2.05) is 11.7 Å². The molecule has 3 aromatic rings. The highest BCUT2D eigenvalue weighted by Gasteiger charge is 2.46. The fourth-order valence-corrected chi connectivity index (χ4v) is 5.04. The Kier molecular flexibility index (Phi) is 4.51. The molecular weight excluding hydrogens is 350 g/mol. The maximum absolute atomic E-state index is 5.68. The number of hydrogen-bond acceptors (Lipinski definition) is 5. The molecule has 4 heterocycles. The van der Waals surface area contributed by atoms with Crippen LogP contribution in [0, 0.1) is 0 Å². The van der Waals surface area contributed by atoms with Crippen molar-refractivity contribution in [1.29, 1.82) is 0 Å². The second kappa shape index (κ2) is 7.17. The van der Waals surface area contributed by atoms with Gasteiger partial charge >= 0.3 is 0 Å². The van der Waals surface area contributed by atoms with E-state index in [2.05, 4.69) is 58.5 Å². The van der Waals surface area contributed by atoms with Crippen LogP contribution in [-0.4, -0.2) is 37.4 Å². The first-order valence-corrected chi connectivity index (χ1v) is 10.4. The summed E-state index contributed by atoms with van der Waals surface area (Å²) in [6.07, 6.45) is 5.56. The predicted molar refractivity (Wildman–Crippen MR) is 107 cm³/mol. The van der Waals surface area contributed by atoms with E-state index in [0.717, 1.165) is 43.0 Å². The molecule has 0 N–H and O–H groups in total. The lowest BCUT2D eigenvalue weighted by atomic mass is 9.94. The van der Waals surface area contributed by atoms with Gasteiger partial charge in [0.15, 0.2) is 5.82 Å². The fraction of sp³-hybridized carbons (Fsp3) is 0.500. The molecule has 0 unspecified atom stereocenters. The standard InChI is InChI=1S/C22H27N5O/c1-3-8-16-13-20(26(2)24-16)22-23-21(25-28-22)17-14-19(15-9-5-4-6-10-15)27-12-7-11-18(17)27/h4-6,9-10,13,17-19H,3,7-8,11-12,14H2,1-2H3/t17-,18+,19-/m0/s1. The van der Waals surface area contributed by atoms with E-state index >= 15 is 0 Å². The average molecular weight is 377 g/mol. The minimum atomic E-state index is 0.327. The van der Waals surface area contributed by atoms with Gasteiger partial charge in [0.1, 0.15) is 5.69 Å². The summed E-state index contributed by atoms with van der Waals surface area (Å²) in [6.45, 7) is 3.32. The molecule has 146 valence electrons. The minimum Gasteiger partial charge on any atom is -0.332 e. The Labute approximate surface area is 165 Å². The molecule has 28 heavy (non-hydrogen) atoms. The first-order chi connectivity index (χ1) is 13.7. The molecule has 0 bridgehead atoms. The molecule has 2 aliphatic rings. The van der Waals surface area contributed by atoms with Crippen LogP contribution in [0.2, 0.25) is 0 Å². The van der Waals surface area contributed by atoms with E-state index < -0.39 is 0 Å². The first-order valence-electron chi connectivity index (χ1n) is 10.4. The number of benzene rings is 1. The molecule has 0 amide bonds. The third-order valence-corrected chi connectivity index (χ3v) is 6.30. The molecule has 2 saturated heterocycles. The summed E-state index contributed by atoms with van der Waals surface area (Å²) >= 11 is 0. The summed E-state index contributed by atoms with van der Waals surface area (Å²) in [5.74, 6) is 1.76. The Morgan fingerprint density at radius 3 is 2.89 bits per heavy atom. The maximum atomic E-state index is 5.68. The van der Waals surface area contributed by atoms with Crippen molar-refractivity contribution in [3.63, 3.8) is 0 Å². The molecule has 6 heteroatoms. The van der Waals surface area contributed by atoms with Crippen LogP contribution in [0.1, 0.15) is 61.6 Å². The minimum absolute atomic E-state index is 0.327. The molecule has 3 atom stereocenters. The first kappa shape index (κ1) is 17.6. The topological polar surface area (TPSA) is 60.0 Å². The SMILES string of the molecule is CCCc1cc(-c2nc([C@H]3C[C@@H](c4ccccc4)N4CCC[C@H]34)no2)n(C)n1. The number of nitrogens with zero attached hydrogens (tertiary/aromatic N) is 5. The van der Waals surface area contributed by atoms with Gasteiger partial charge in [-0.25, -0.2) is 0 Å². The van der Waals surface area contributed by atoms with Gasteiger partial charge in [-0.2, -0.15) is 10.1 Å². The van der Waals surface area contributed by atoms with E-state index in [-0.39, 0.29) is 0 Å². The van der Waals surface area contributed by atoms with Gasteiger partial charge in [0.25, 0.3) is 5.89 Å². The summed E-state index contributed by atoms with van der Waals surface area (Å²) in [5.41, 5.74) is 3.38. The highest BCUT2D eigenvalue weighted by Crippen LogP contribution is 2.48. The van der Waals surface area contributed by atoms with Gasteiger partial charge in [-0.05, 0) is 43.9 Å². The van der Waals surface area contributed by atoms with Crippen molar-refractivity contribution in [1.82, 2.24) is 24.8 Å².